The molecule has 1 atom stereocenters. The largest absolute Gasteiger partial charge is 0.480 e. The van der Waals surface area contributed by atoms with Gasteiger partial charge >= 0.3 is 5.97 Å². The lowest BCUT2D eigenvalue weighted by Gasteiger charge is -2.17. The van der Waals surface area contributed by atoms with E-state index >= 15 is 0 Å². The average Bonchev–Trinajstić information content (AvgIpc) is 2.80. The van der Waals surface area contributed by atoms with Crippen LogP contribution in [0.25, 0.3) is 10.9 Å². The first-order valence-corrected chi connectivity index (χ1v) is 6.98. The molecule has 0 aliphatic heterocycles. The predicted octanol–water partition coefficient (Wildman–Crippen LogP) is 2.24. The van der Waals surface area contributed by atoms with E-state index in [1.165, 1.54) is 0 Å². The highest BCUT2D eigenvalue weighted by Gasteiger charge is 2.23. The van der Waals surface area contributed by atoms with Gasteiger partial charge in [0.1, 0.15) is 6.04 Å². The summed E-state index contributed by atoms with van der Waals surface area (Å²) in [5, 5.41) is 12.7. The molecule has 0 aliphatic carbocycles. The summed E-state index contributed by atoms with van der Waals surface area (Å²) in [6.07, 6.45) is 1.98. The Morgan fingerprint density at radius 1 is 1.33 bits per heavy atom. The van der Waals surface area contributed by atoms with Crippen molar-refractivity contribution < 1.29 is 14.7 Å². The number of benzene rings is 1. The molecule has 0 spiro atoms. The van der Waals surface area contributed by atoms with Crippen LogP contribution in [0.3, 0.4) is 0 Å². The summed E-state index contributed by atoms with van der Waals surface area (Å²) in [4.78, 5) is 26.4. The monoisotopic (exact) mass is 288 g/mol. The van der Waals surface area contributed by atoms with Gasteiger partial charge in [0.2, 0.25) is 5.91 Å². The Morgan fingerprint density at radius 2 is 2.05 bits per heavy atom. The van der Waals surface area contributed by atoms with Gasteiger partial charge in [-0.3, -0.25) is 4.79 Å². The molecule has 5 heteroatoms. The number of rotatable bonds is 5. The van der Waals surface area contributed by atoms with Crippen LogP contribution in [0, 0.1) is 12.8 Å². The fourth-order valence-corrected chi connectivity index (χ4v) is 2.50. The Bertz CT molecular complexity index is 673. The highest BCUT2D eigenvalue weighted by molar-refractivity contribution is 5.92. The maximum absolute atomic E-state index is 12.1. The van der Waals surface area contributed by atoms with Crippen LogP contribution in [0.5, 0.6) is 0 Å². The molecule has 1 aromatic heterocycles. The molecule has 0 saturated heterocycles. The third-order valence-electron chi connectivity index (χ3n) is 3.60. The van der Waals surface area contributed by atoms with Crippen LogP contribution in [-0.4, -0.2) is 28.0 Å². The van der Waals surface area contributed by atoms with Gasteiger partial charge in [-0.1, -0.05) is 26.0 Å². The first-order valence-electron chi connectivity index (χ1n) is 6.98. The van der Waals surface area contributed by atoms with Crippen LogP contribution in [0.4, 0.5) is 0 Å². The van der Waals surface area contributed by atoms with E-state index in [1.54, 1.807) is 13.8 Å². The summed E-state index contributed by atoms with van der Waals surface area (Å²) in [5.74, 6) is -1.44. The predicted molar refractivity (Wildman–Crippen MR) is 81.1 cm³/mol. The lowest BCUT2D eigenvalue weighted by molar-refractivity contribution is -0.143. The van der Waals surface area contributed by atoms with Crippen molar-refractivity contribution in [2.24, 2.45) is 5.92 Å². The van der Waals surface area contributed by atoms with Gasteiger partial charge in [-0.25, -0.2) is 4.79 Å². The van der Waals surface area contributed by atoms with Crippen molar-refractivity contribution in [1.29, 1.82) is 0 Å². The molecule has 0 saturated carbocycles. The van der Waals surface area contributed by atoms with Crippen molar-refractivity contribution >= 4 is 22.8 Å². The Morgan fingerprint density at radius 3 is 2.67 bits per heavy atom. The second-order valence-electron chi connectivity index (χ2n) is 5.62. The summed E-state index contributed by atoms with van der Waals surface area (Å²) in [7, 11) is 0. The number of H-pyrrole nitrogens is 1. The molecule has 1 heterocycles. The molecular formula is C16H20N2O3. The van der Waals surface area contributed by atoms with E-state index in [1.807, 2.05) is 31.3 Å². The van der Waals surface area contributed by atoms with Gasteiger partial charge in [0.05, 0.1) is 6.42 Å². The number of hydrogen-bond acceptors (Lipinski definition) is 2. The third-order valence-corrected chi connectivity index (χ3v) is 3.60. The fourth-order valence-electron chi connectivity index (χ4n) is 2.50. The highest BCUT2D eigenvalue weighted by Crippen LogP contribution is 2.22. The number of amides is 1. The number of fused-ring (bicyclic) bond motifs is 1. The van der Waals surface area contributed by atoms with Gasteiger partial charge in [0.25, 0.3) is 0 Å². The Labute approximate surface area is 123 Å². The standard InChI is InChI=1S/C16H20N2O3/c1-9(2)15(16(20)21)18-13(19)7-11-8-17-12-6-4-5-10(3)14(11)12/h4-6,8-9,15,17H,7H2,1-3H3,(H,18,19)(H,20,21)/t15-/m1/s1. The molecule has 0 unspecified atom stereocenters. The summed E-state index contributed by atoms with van der Waals surface area (Å²) in [6, 6.07) is 5.05. The minimum atomic E-state index is -1.01. The number of carboxylic acid groups (broad SMARTS) is 1. The zero-order valence-corrected chi connectivity index (χ0v) is 12.4. The van der Waals surface area contributed by atoms with Crippen LogP contribution >= 0.6 is 0 Å². The molecule has 1 amide bonds. The van der Waals surface area contributed by atoms with Gasteiger partial charge in [-0.05, 0) is 30.0 Å². The molecule has 1 aromatic carbocycles. The summed E-state index contributed by atoms with van der Waals surface area (Å²) in [6.45, 7) is 5.54. The number of carboxylic acids is 1. The van der Waals surface area contributed by atoms with E-state index in [2.05, 4.69) is 10.3 Å². The summed E-state index contributed by atoms with van der Waals surface area (Å²) >= 11 is 0. The molecule has 0 aliphatic rings. The lowest BCUT2D eigenvalue weighted by atomic mass is 10.0. The summed E-state index contributed by atoms with van der Waals surface area (Å²) in [5.41, 5.74) is 2.96. The topological polar surface area (TPSA) is 82.2 Å². The van der Waals surface area contributed by atoms with Crippen molar-refractivity contribution in [1.82, 2.24) is 10.3 Å². The summed E-state index contributed by atoms with van der Waals surface area (Å²) < 4.78 is 0. The first-order chi connectivity index (χ1) is 9.90. The molecule has 0 bridgehead atoms. The Hall–Kier alpha value is -2.30. The second kappa shape index (κ2) is 5.99. The van der Waals surface area contributed by atoms with Crippen molar-refractivity contribution in [3.63, 3.8) is 0 Å². The van der Waals surface area contributed by atoms with Crippen molar-refractivity contribution in [3.8, 4) is 0 Å². The van der Waals surface area contributed by atoms with E-state index in [9.17, 15) is 9.59 Å². The van der Waals surface area contributed by atoms with Gasteiger partial charge < -0.3 is 15.4 Å². The SMILES string of the molecule is Cc1cccc2[nH]cc(CC(=O)N[C@@H](C(=O)O)C(C)C)c12. The number of nitrogens with one attached hydrogen (secondary N) is 2. The number of hydrogen-bond donors (Lipinski definition) is 3. The third kappa shape index (κ3) is 3.24. The minimum Gasteiger partial charge on any atom is -0.480 e. The zero-order chi connectivity index (χ0) is 15.6. The number of aromatic nitrogens is 1. The molecule has 0 radical (unpaired) electrons. The van der Waals surface area contributed by atoms with Gasteiger partial charge in [0.15, 0.2) is 0 Å². The molecule has 112 valence electrons. The lowest BCUT2D eigenvalue weighted by Crippen LogP contribution is -2.44. The normalized spacial score (nSPS) is 12.6. The maximum atomic E-state index is 12.1. The highest BCUT2D eigenvalue weighted by atomic mass is 16.4. The first kappa shape index (κ1) is 15.1. The maximum Gasteiger partial charge on any atom is 0.326 e. The Kier molecular flexibility index (Phi) is 4.31. The van der Waals surface area contributed by atoms with Crippen LogP contribution in [-0.2, 0) is 16.0 Å². The van der Waals surface area contributed by atoms with E-state index < -0.39 is 12.0 Å². The van der Waals surface area contributed by atoms with Gasteiger partial charge in [-0.15, -0.1) is 0 Å². The average molecular weight is 288 g/mol. The second-order valence-corrected chi connectivity index (χ2v) is 5.62. The van der Waals surface area contributed by atoms with Crippen LogP contribution in [0.15, 0.2) is 24.4 Å². The van der Waals surface area contributed by atoms with Crippen LogP contribution in [0.2, 0.25) is 0 Å². The molecule has 5 nitrogen and oxygen atoms in total. The molecule has 2 aromatic rings. The Balaban J connectivity index is 2.17. The number of aliphatic carboxylic acids is 1. The smallest absolute Gasteiger partial charge is 0.326 e. The quantitative estimate of drug-likeness (QED) is 0.789. The molecular weight excluding hydrogens is 268 g/mol. The van der Waals surface area contributed by atoms with Crippen LogP contribution in [0.1, 0.15) is 25.0 Å². The molecule has 3 N–H and O–H groups in total. The minimum absolute atomic E-state index is 0.156. The van der Waals surface area contributed by atoms with Gasteiger partial charge in [-0.2, -0.15) is 0 Å². The van der Waals surface area contributed by atoms with Crippen molar-refractivity contribution in [2.75, 3.05) is 0 Å². The molecule has 21 heavy (non-hydrogen) atoms. The van der Waals surface area contributed by atoms with E-state index in [0.717, 1.165) is 22.0 Å². The van der Waals surface area contributed by atoms with E-state index in [0.29, 0.717) is 0 Å². The zero-order valence-electron chi connectivity index (χ0n) is 12.4. The van der Waals surface area contributed by atoms with Gasteiger partial charge in [0, 0.05) is 17.1 Å². The molecule has 2 rings (SSSR count). The number of carbonyl (C=O) groups is 2. The van der Waals surface area contributed by atoms with E-state index in [4.69, 9.17) is 5.11 Å². The van der Waals surface area contributed by atoms with Crippen molar-refractivity contribution in [2.45, 2.75) is 33.2 Å². The van der Waals surface area contributed by atoms with Crippen LogP contribution < -0.4 is 5.32 Å². The van der Waals surface area contributed by atoms with Crippen molar-refractivity contribution in [3.05, 3.63) is 35.5 Å². The fraction of sp³-hybridized carbons (Fsp3) is 0.375. The number of carbonyl (C=O) groups excluding carboxylic acids is 1. The molecule has 0 fully saturated rings. The van der Waals surface area contributed by atoms with E-state index in [-0.39, 0.29) is 18.2 Å². The number of aryl methyl sites for hydroxylation is 1. The number of aromatic amines is 1.